The Hall–Kier alpha value is -1.36. The lowest BCUT2D eigenvalue weighted by Crippen LogP contribution is -2.22. The first kappa shape index (κ1) is 9.21. The number of carbonyl (C=O) groups excluding carboxylic acids is 2. The number of halogens is 1. The smallest absolute Gasteiger partial charge is 0.322 e. The molecule has 1 aliphatic heterocycles. The van der Waals surface area contributed by atoms with Gasteiger partial charge in [0.15, 0.2) is 0 Å². The lowest BCUT2D eigenvalue weighted by atomic mass is 10.1. The zero-order chi connectivity index (χ0) is 10.1. The molecule has 2 rings (SSSR count). The Balaban J connectivity index is 2.27. The second-order valence-corrected chi connectivity index (χ2v) is 3.86. The van der Waals surface area contributed by atoms with Gasteiger partial charge in [-0.05, 0) is 17.7 Å². The van der Waals surface area contributed by atoms with E-state index in [-0.39, 0.29) is 5.91 Å². The van der Waals surface area contributed by atoms with Gasteiger partial charge in [-0.25, -0.2) is 4.79 Å². The molecule has 1 heterocycles. The van der Waals surface area contributed by atoms with Crippen LogP contribution < -0.4 is 10.6 Å². The second-order valence-electron chi connectivity index (χ2n) is 2.95. The molecule has 0 aromatic heterocycles. The highest BCUT2D eigenvalue weighted by Crippen LogP contribution is 2.19. The topological polar surface area (TPSA) is 58.2 Å². The average Bonchev–Trinajstić information content (AvgIpc) is 2.47. The van der Waals surface area contributed by atoms with E-state index in [0.717, 1.165) is 10.0 Å². The van der Waals surface area contributed by atoms with Gasteiger partial charge in [-0.15, -0.1) is 0 Å². The van der Waals surface area contributed by atoms with Crippen LogP contribution in [0.3, 0.4) is 0 Å². The third-order valence-corrected chi connectivity index (χ3v) is 2.51. The minimum atomic E-state index is -0.560. The summed E-state index contributed by atoms with van der Waals surface area (Å²) in [6.45, 7) is 0. The van der Waals surface area contributed by atoms with Crippen molar-refractivity contribution in [2.45, 2.75) is 6.04 Å². The van der Waals surface area contributed by atoms with Gasteiger partial charge >= 0.3 is 6.03 Å². The fourth-order valence-corrected chi connectivity index (χ4v) is 1.57. The van der Waals surface area contributed by atoms with Gasteiger partial charge in [0, 0.05) is 4.47 Å². The van der Waals surface area contributed by atoms with Crippen molar-refractivity contribution in [2.24, 2.45) is 0 Å². The molecule has 0 aliphatic carbocycles. The van der Waals surface area contributed by atoms with Gasteiger partial charge in [-0.1, -0.05) is 28.1 Å². The summed E-state index contributed by atoms with van der Waals surface area (Å²) in [5.41, 5.74) is 0.775. The molecule has 1 atom stereocenters. The molecule has 1 aromatic carbocycles. The van der Waals surface area contributed by atoms with E-state index in [2.05, 4.69) is 26.6 Å². The van der Waals surface area contributed by atoms with Crippen LogP contribution in [-0.2, 0) is 4.79 Å². The Morgan fingerprint density at radius 2 is 1.79 bits per heavy atom. The number of nitrogens with one attached hydrogen (secondary N) is 2. The molecular weight excluding hydrogens is 248 g/mol. The van der Waals surface area contributed by atoms with Gasteiger partial charge in [0.2, 0.25) is 0 Å². The van der Waals surface area contributed by atoms with E-state index in [1.54, 1.807) is 12.1 Å². The molecule has 2 N–H and O–H groups in total. The van der Waals surface area contributed by atoms with Crippen LogP contribution in [0.1, 0.15) is 11.6 Å². The summed E-state index contributed by atoms with van der Waals surface area (Å²) in [6, 6.07) is 6.23. The highest BCUT2D eigenvalue weighted by atomic mass is 79.9. The Kier molecular flexibility index (Phi) is 2.25. The van der Waals surface area contributed by atoms with Gasteiger partial charge in [0.25, 0.3) is 5.91 Å². The van der Waals surface area contributed by atoms with Crippen molar-refractivity contribution >= 4 is 27.9 Å². The second kappa shape index (κ2) is 3.42. The van der Waals surface area contributed by atoms with Crippen molar-refractivity contribution in [2.75, 3.05) is 0 Å². The molecule has 1 fully saturated rings. The standard InChI is InChI=1S/C9H7BrN2O2/c10-6-3-1-5(2-4-6)7-8(13)12-9(14)11-7/h1-4,7H,(H2,11,12,13,14)/t7-/m1/s1. The number of rotatable bonds is 1. The minimum absolute atomic E-state index is 0.308. The van der Waals surface area contributed by atoms with Crippen molar-refractivity contribution in [3.8, 4) is 0 Å². The average molecular weight is 255 g/mol. The molecule has 4 nitrogen and oxygen atoms in total. The van der Waals surface area contributed by atoms with Gasteiger partial charge in [-0.3, -0.25) is 10.1 Å². The number of imide groups is 1. The lowest BCUT2D eigenvalue weighted by molar-refractivity contribution is -0.120. The predicted octanol–water partition coefficient (Wildman–Crippen LogP) is 1.33. The molecule has 72 valence electrons. The largest absolute Gasteiger partial charge is 0.322 e. The Morgan fingerprint density at radius 3 is 2.29 bits per heavy atom. The van der Waals surface area contributed by atoms with Gasteiger partial charge < -0.3 is 5.32 Å². The van der Waals surface area contributed by atoms with E-state index < -0.39 is 12.1 Å². The number of hydrogen-bond donors (Lipinski definition) is 2. The molecule has 0 bridgehead atoms. The fraction of sp³-hybridized carbons (Fsp3) is 0.111. The zero-order valence-electron chi connectivity index (χ0n) is 7.08. The molecule has 1 aromatic rings. The summed E-state index contributed by atoms with van der Waals surface area (Å²) in [5, 5.41) is 4.70. The van der Waals surface area contributed by atoms with Crippen molar-refractivity contribution in [1.82, 2.24) is 10.6 Å². The van der Waals surface area contributed by atoms with E-state index >= 15 is 0 Å². The first-order valence-electron chi connectivity index (χ1n) is 4.03. The van der Waals surface area contributed by atoms with Crippen LogP contribution >= 0.6 is 15.9 Å². The van der Waals surface area contributed by atoms with Crippen molar-refractivity contribution in [3.63, 3.8) is 0 Å². The maximum Gasteiger partial charge on any atom is 0.322 e. The molecule has 0 radical (unpaired) electrons. The van der Waals surface area contributed by atoms with Crippen molar-refractivity contribution in [1.29, 1.82) is 0 Å². The van der Waals surface area contributed by atoms with Crippen LogP contribution in [0.4, 0.5) is 4.79 Å². The Labute approximate surface area is 88.8 Å². The van der Waals surface area contributed by atoms with E-state index in [1.807, 2.05) is 12.1 Å². The molecule has 14 heavy (non-hydrogen) atoms. The maximum atomic E-state index is 11.3. The van der Waals surface area contributed by atoms with Crippen LogP contribution in [0.15, 0.2) is 28.7 Å². The number of benzene rings is 1. The minimum Gasteiger partial charge on any atom is -0.322 e. The number of carbonyl (C=O) groups is 2. The first-order chi connectivity index (χ1) is 6.66. The number of urea groups is 1. The molecule has 3 amide bonds. The summed E-state index contributed by atoms with van der Waals surface area (Å²) in [7, 11) is 0. The molecular formula is C9H7BrN2O2. The molecule has 0 spiro atoms. The Morgan fingerprint density at radius 1 is 1.14 bits per heavy atom. The quantitative estimate of drug-likeness (QED) is 0.744. The first-order valence-corrected chi connectivity index (χ1v) is 4.83. The SMILES string of the molecule is O=C1NC(=O)[C@@H](c2ccc(Br)cc2)N1. The molecule has 0 unspecified atom stereocenters. The highest BCUT2D eigenvalue weighted by molar-refractivity contribution is 9.10. The normalized spacial score (nSPS) is 20.5. The predicted molar refractivity (Wildman–Crippen MR) is 53.6 cm³/mol. The van der Waals surface area contributed by atoms with Crippen LogP contribution in [0, 0.1) is 0 Å². The summed E-state index contributed by atoms with van der Waals surface area (Å²) >= 11 is 3.29. The Bertz CT molecular complexity index is 388. The monoisotopic (exact) mass is 254 g/mol. The molecule has 1 saturated heterocycles. The summed E-state index contributed by atoms with van der Waals surface area (Å²) in [6.07, 6.45) is 0. The molecule has 5 heteroatoms. The highest BCUT2D eigenvalue weighted by Gasteiger charge is 2.30. The summed E-state index contributed by atoms with van der Waals surface area (Å²) in [4.78, 5) is 22.1. The number of amides is 3. The summed E-state index contributed by atoms with van der Waals surface area (Å²) < 4.78 is 0.936. The molecule has 1 aliphatic rings. The van der Waals surface area contributed by atoms with Crippen LogP contribution in [0.5, 0.6) is 0 Å². The fourth-order valence-electron chi connectivity index (χ4n) is 1.31. The van der Waals surface area contributed by atoms with Crippen molar-refractivity contribution in [3.05, 3.63) is 34.3 Å². The van der Waals surface area contributed by atoms with Gasteiger partial charge in [-0.2, -0.15) is 0 Å². The van der Waals surface area contributed by atoms with E-state index in [1.165, 1.54) is 0 Å². The number of hydrogen-bond acceptors (Lipinski definition) is 2. The van der Waals surface area contributed by atoms with Gasteiger partial charge in [0.1, 0.15) is 6.04 Å². The van der Waals surface area contributed by atoms with Crippen LogP contribution in [-0.4, -0.2) is 11.9 Å². The zero-order valence-corrected chi connectivity index (χ0v) is 8.67. The van der Waals surface area contributed by atoms with Crippen LogP contribution in [0.25, 0.3) is 0 Å². The van der Waals surface area contributed by atoms with E-state index in [0.29, 0.717) is 0 Å². The lowest BCUT2D eigenvalue weighted by Gasteiger charge is -2.06. The van der Waals surface area contributed by atoms with Crippen LogP contribution in [0.2, 0.25) is 0 Å². The maximum absolute atomic E-state index is 11.3. The third-order valence-electron chi connectivity index (χ3n) is 1.98. The van der Waals surface area contributed by atoms with Crippen molar-refractivity contribution < 1.29 is 9.59 Å². The van der Waals surface area contributed by atoms with Gasteiger partial charge in [0.05, 0.1) is 0 Å². The van der Waals surface area contributed by atoms with E-state index in [4.69, 9.17) is 0 Å². The summed E-state index contributed by atoms with van der Waals surface area (Å²) in [5.74, 6) is -0.308. The van der Waals surface area contributed by atoms with E-state index in [9.17, 15) is 9.59 Å². The third kappa shape index (κ3) is 1.63. The molecule has 0 saturated carbocycles.